The van der Waals surface area contributed by atoms with Crippen molar-refractivity contribution in [1.82, 2.24) is 4.57 Å². The number of fused-ring (bicyclic) bond motifs is 1. The average molecular weight is 471 g/mol. The van der Waals surface area contributed by atoms with E-state index in [1.165, 1.54) is 14.0 Å². The molecule has 0 aliphatic carbocycles. The van der Waals surface area contributed by atoms with Crippen LogP contribution in [0.5, 0.6) is 0 Å². The van der Waals surface area contributed by atoms with Gasteiger partial charge in [0.25, 0.3) is 0 Å². The first-order valence-electron chi connectivity index (χ1n) is 10.4. The third-order valence-corrected chi connectivity index (χ3v) is 5.38. The van der Waals surface area contributed by atoms with Crippen molar-refractivity contribution in [1.29, 1.82) is 0 Å². The molecule has 0 spiro atoms. The summed E-state index contributed by atoms with van der Waals surface area (Å²) >= 11 is 6.07. The number of hydrogen-bond acceptors (Lipinski definition) is 5. The van der Waals surface area contributed by atoms with Gasteiger partial charge in [-0.3, -0.25) is 10.1 Å². The highest BCUT2D eigenvalue weighted by Gasteiger charge is 2.45. The second-order valence-electron chi connectivity index (χ2n) is 8.79. The molecule has 3 rings (SSSR count). The summed E-state index contributed by atoms with van der Waals surface area (Å²) in [4.78, 5) is 38.0. The van der Waals surface area contributed by atoms with Crippen molar-refractivity contribution in [3.63, 3.8) is 0 Å². The van der Waals surface area contributed by atoms with Crippen LogP contribution in [0.15, 0.2) is 54.7 Å². The van der Waals surface area contributed by atoms with Gasteiger partial charge in [-0.1, -0.05) is 29.8 Å². The number of amides is 1. The van der Waals surface area contributed by atoms with E-state index in [9.17, 15) is 14.4 Å². The van der Waals surface area contributed by atoms with Gasteiger partial charge in [-0.05, 0) is 63.6 Å². The Morgan fingerprint density at radius 1 is 1.03 bits per heavy atom. The van der Waals surface area contributed by atoms with Gasteiger partial charge in [-0.2, -0.15) is 0 Å². The van der Waals surface area contributed by atoms with Crippen molar-refractivity contribution in [2.75, 3.05) is 12.4 Å². The smallest absolute Gasteiger partial charge is 0.412 e. The fourth-order valence-corrected chi connectivity index (χ4v) is 4.02. The number of aromatic nitrogens is 1. The third-order valence-electron chi connectivity index (χ3n) is 5.13. The first-order chi connectivity index (χ1) is 15.5. The van der Waals surface area contributed by atoms with Crippen LogP contribution in [0, 0.1) is 0 Å². The lowest BCUT2D eigenvalue weighted by atomic mass is 9.84. The standard InChI is InChI=1S/C25H27ClN2O5/c1-16(29)15-25(22(30)32-5,17-9-11-18(26)12-10-17)28-14-13-19-20(7-6-8-21(19)28)27-23(31)33-24(2,3)4/h6-14H,15H2,1-5H3,(H,27,31). The number of carbonyl (C=O) groups excluding carboxylic acids is 3. The highest BCUT2D eigenvalue weighted by atomic mass is 35.5. The van der Waals surface area contributed by atoms with E-state index < -0.39 is 23.2 Å². The Balaban J connectivity index is 2.21. The zero-order valence-electron chi connectivity index (χ0n) is 19.3. The number of anilines is 1. The summed E-state index contributed by atoms with van der Waals surface area (Å²) in [7, 11) is 1.29. The SMILES string of the molecule is COC(=O)C(CC(C)=O)(c1ccc(Cl)cc1)n1ccc2c(NC(=O)OC(C)(C)C)cccc21. The summed E-state index contributed by atoms with van der Waals surface area (Å²) in [6.07, 6.45) is 0.984. The van der Waals surface area contributed by atoms with Crippen LogP contribution in [0.3, 0.4) is 0 Å². The quantitative estimate of drug-likeness (QED) is 0.478. The van der Waals surface area contributed by atoms with Gasteiger partial charge < -0.3 is 14.0 Å². The maximum Gasteiger partial charge on any atom is 0.412 e. The van der Waals surface area contributed by atoms with Crippen LogP contribution in [0.25, 0.3) is 10.9 Å². The second-order valence-corrected chi connectivity index (χ2v) is 9.22. The number of benzene rings is 2. The molecule has 7 nitrogen and oxygen atoms in total. The zero-order chi connectivity index (χ0) is 24.4. The van der Waals surface area contributed by atoms with Crippen molar-refractivity contribution in [3.8, 4) is 0 Å². The van der Waals surface area contributed by atoms with Gasteiger partial charge in [0.2, 0.25) is 0 Å². The van der Waals surface area contributed by atoms with Crippen LogP contribution in [0.4, 0.5) is 10.5 Å². The van der Waals surface area contributed by atoms with Gasteiger partial charge in [-0.25, -0.2) is 9.59 Å². The van der Waals surface area contributed by atoms with E-state index in [-0.39, 0.29) is 12.2 Å². The Morgan fingerprint density at radius 3 is 2.27 bits per heavy atom. The van der Waals surface area contributed by atoms with E-state index in [1.807, 2.05) is 6.07 Å². The summed E-state index contributed by atoms with van der Waals surface area (Å²) in [5, 5.41) is 3.94. The van der Waals surface area contributed by atoms with Crippen LogP contribution in [-0.4, -0.2) is 35.1 Å². The van der Waals surface area contributed by atoms with E-state index >= 15 is 0 Å². The number of ether oxygens (including phenoxy) is 2. The van der Waals surface area contributed by atoms with E-state index in [0.29, 0.717) is 27.2 Å². The van der Waals surface area contributed by atoms with Gasteiger partial charge in [0, 0.05) is 23.0 Å². The molecule has 0 aliphatic heterocycles. The topological polar surface area (TPSA) is 86.6 Å². The molecule has 174 valence electrons. The van der Waals surface area contributed by atoms with Gasteiger partial charge in [0.1, 0.15) is 11.4 Å². The Labute approximate surface area is 197 Å². The largest absolute Gasteiger partial charge is 0.467 e. The van der Waals surface area contributed by atoms with Crippen LogP contribution >= 0.6 is 11.6 Å². The minimum absolute atomic E-state index is 0.130. The number of carbonyl (C=O) groups is 3. The number of nitrogens with zero attached hydrogens (tertiary/aromatic N) is 1. The highest BCUT2D eigenvalue weighted by molar-refractivity contribution is 6.30. The number of halogens is 1. The Morgan fingerprint density at radius 2 is 1.70 bits per heavy atom. The zero-order valence-corrected chi connectivity index (χ0v) is 20.0. The molecule has 1 aromatic heterocycles. The summed E-state index contributed by atoms with van der Waals surface area (Å²) in [6, 6.07) is 13.8. The minimum Gasteiger partial charge on any atom is -0.467 e. The van der Waals surface area contributed by atoms with E-state index in [4.69, 9.17) is 21.1 Å². The van der Waals surface area contributed by atoms with Crippen molar-refractivity contribution in [3.05, 3.63) is 65.3 Å². The predicted molar refractivity (Wildman–Crippen MR) is 128 cm³/mol. The van der Waals surface area contributed by atoms with Crippen LogP contribution in [0.2, 0.25) is 5.02 Å². The van der Waals surface area contributed by atoms with Gasteiger partial charge in [0.05, 0.1) is 18.3 Å². The maximum absolute atomic E-state index is 13.3. The molecule has 0 fully saturated rings. The van der Waals surface area contributed by atoms with Gasteiger partial charge in [-0.15, -0.1) is 0 Å². The molecule has 2 aromatic carbocycles. The molecule has 3 aromatic rings. The first-order valence-corrected chi connectivity index (χ1v) is 10.8. The highest BCUT2D eigenvalue weighted by Crippen LogP contribution is 2.38. The van der Waals surface area contributed by atoms with E-state index in [2.05, 4.69) is 5.32 Å². The van der Waals surface area contributed by atoms with Crippen molar-refractivity contribution >= 4 is 46.0 Å². The average Bonchev–Trinajstić information content (AvgIpc) is 3.16. The Kier molecular flexibility index (Phi) is 6.84. The summed E-state index contributed by atoms with van der Waals surface area (Å²) in [5.74, 6) is -0.789. The number of nitrogens with one attached hydrogen (secondary N) is 1. The maximum atomic E-state index is 13.3. The second kappa shape index (κ2) is 9.27. The van der Waals surface area contributed by atoms with Crippen molar-refractivity contribution in [2.45, 2.75) is 45.3 Å². The van der Waals surface area contributed by atoms with Crippen LogP contribution in [0.1, 0.15) is 39.7 Å². The fourth-order valence-electron chi connectivity index (χ4n) is 3.89. The van der Waals surface area contributed by atoms with Gasteiger partial charge in [0.15, 0.2) is 5.54 Å². The monoisotopic (exact) mass is 470 g/mol. The lowest BCUT2D eigenvalue weighted by Gasteiger charge is -2.33. The van der Waals surface area contributed by atoms with Crippen LogP contribution in [-0.2, 0) is 24.6 Å². The molecule has 1 atom stereocenters. The summed E-state index contributed by atoms with van der Waals surface area (Å²) < 4.78 is 12.3. The fraction of sp³-hybridized carbons (Fsp3) is 0.320. The van der Waals surface area contributed by atoms with Crippen LogP contribution < -0.4 is 5.32 Å². The molecule has 0 bridgehead atoms. The summed E-state index contributed by atoms with van der Waals surface area (Å²) in [5.41, 5.74) is -0.419. The summed E-state index contributed by atoms with van der Waals surface area (Å²) in [6.45, 7) is 6.77. The van der Waals surface area contributed by atoms with Crippen molar-refractivity contribution < 1.29 is 23.9 Å². The molecular weight excluding hydrogens is 444 g/mol. The lowest BCUT2D eigenvalue weighted by molar-refractivity contribution is -0.150. The molecule has 0 saturated carbocycles. The van der Waals surface area contributed by atoms with Gasteiger partial charge >= 0.3 is 12.1 Å². The molecule has 0 aliphatic rings. The third kappa shape index (κ3) is 5.03. The lowest BCUT2D eigenvalue weighted by Crippen LogP contribution is -2.45. The normalized spacial score (nSPS) is 13.3. The molecular formula is C25H27ClN2O5. The number of hydrogen-bond donors (Lipinski definition) is 1. The Bertz CT molecular complexity index is 1190. The predicted octanol–water partition coefficient (Wildman–Crippen LogP) is 5.54. The molecule has 1 heterocycles. The number of rotatable bonds is 6. The number of Topliss-reactive ketones (excluding diaryl/α,β-unsaturated/α-hetero) is 1. The first kappa shape index (κ1) is 24.3. The van der Waals surface area contributed by atoms with Crippen molar-refractivity contribution in [2.24, 2.45) is 0 Å². The molecule has 33 heavy (non-hydrogen) atoms. The molecule has 8 heteroatoms. The minimum atomic E-state index is -1.46. The number of methoxy groups -OCH3 is 1. The van der Waals surface area contributed by atoms with E-state index in [1.54, 1.807) is 74.0 Å². The number of ketones is 1. The molecule has 0 radical (unpaired) electrons. The molecule has 1 amide bonds. The Hall–Kier alpha value is -3.32. The molecule has 0 saturated heterocycles. The van der Waals surface area contributed by atoms with E-state index in [0.717, 1.165) is 0 Å². The molecule has 1 unspecified atom stereocenters. The number of esters is 1. The molecule has 1 N–H and O–H groups in total.